The Bertz CT molecular complexity index is 604. The van der Waals surface area contributed by atoms with Gasteiger partial charge >= 0.3 is 0 Å². The number of carbonyl (C=O) groups excluding carboxylic acids is 1. The van der Waals surface area contributed by atoms with Crippen LogP contribution < -0.4 is 5.56 Å². The summed E-state index contributed by atoms with van der Waals surface area (Å²) in [5.74, 6) is 0.263. The van der Waals surface area contributed by atoms with E-state index in [1.165, 1.54) is 4.57 Å². The molecule has 1 saturated heterocycles. The summed E-state index contributed by atoms with van der Waals surface area (Å²) in [6, 6.07) is 3.29. The van der Waals surface area contributed by atoms with Gasteiger partial charge in [-0.25, -0.2) is 0 Å². The van der Waals surface area contributed by atoms with Crippen LogP contribution in [0.5, 0.6) is 0 Å². The highest BCUT2D eigenvalue weighted by molar-refractivity contribution is 5.93. The lowest BCUT2D eigenvalue weighted by atomic mass is 9.78. The molecule has 1 aromatic heterocycles. The van der Waals surface area contributed by atoms with Crippen molar-refractivity contribution in [3.8, 4) is 0 Å². The van der Waals surface area contributed by atoms with Crippen LogP contribution in [0.2, 0.25) is 0 Å². The van der Waals surface area contributed by atoms with Crippen molar-refractivity contribution in [2.45, 2.75) is 39.2 Å². The van der Waals surface area contributed by atoms with Crippen LogP contribution in [0.25, 0.3) is 0 Å². The number of nitrogens with zero attached hydrogens (tertiary/aromatic N) is 2. The Morgan fingerprint density at radius 3 is 2.82 bits per heavy atom. The first-order valence-corrected chi connectivity index (χ1v) is 7.89. The van der Waals surface area contributed by atoms with Gasteiger partial charge in [-0.05, 0) is 37.8 Å². The number of pyridine rings is 1. The van der Waals surface area contributed by atoms with Gasteiger partial charge in [0.1, 0.15) is 5.56 Å². The van der Waals surface area contributed by atoms with Gasteiger partial charge in [0.2, 0.25) is 0 Å². The molecule has 22 heavy (non-hydrogen) atoms. The molecule has 1 amide bonds. The Kier molecular flexibility index (Phi) is 4.75. The van der Waals surface area contributed by atoms with Crippen molar-refractivity contribution >= 4 is 5.91 Å². The number of hydrogen-bond acceptors (Lipinski definition) is 3. The third kappa shape index (κ3) is 3.40. The van der Waals surface area contributed by atoms with E-state index in [1.807, 2.05) is 6.92 Å². The van der Waals surface area contributed by atoms with E-state index in [9.17, 15) is 14.7 Å². The lowest BCUT2D eigenvalue weighted by molar-refractivity contribution is -0.0577. The first kappa shape index (κ1) is 16.7. The fraction of sp³-hybridized carbons (Fsp3) is 0.647. The van der Waals surface area contributed by atoms with E-state index in [0.717, 1.165) is 6.42 Å². The van der Waals surface area contributed by atoms with Crippen molar-refractivity contribution in [3.05, 3.63) is 34.2 Å². The quantitative estimate of drug-likeness (QED) is 0.923. The Morgan fingerprint density at radius 2 is 2.18 bits per heavy atom. The molecule has 0 unspecified atom stereocenters. The maximum absolute atomic E-state index is 12.6. The Hall–Kier alpha value is -1.62. The predicted octanol–water partition coefficient (Wildman–Crippen LogP) is 1.64. The van der Waals surface area contributed by atoms with Gasteiger partial charge in [-0.2, -0.15) is 0 Å². The SMILES string of the molecule is CC(C)C[C@H]1CN(C(=O)c2cccn(C)c2=O)CC[C@@]1(C)O. The highest BCUT2D eigenvalue weighted by Crippen LogP contribution is 2.32. The molecule has 1 aliphatic heterocycles. The average Bonchev–Trinajstić information content (AvgIpc) is 2.43. The number of aromatic nitrogens is 1. The number of amides is 1. The highest BCUT2D eigenvalue weighted by atomic mass is 16.3. The second-order valence-electron chi connectivity index (χ2n) is 7.02. The minimum Gasteiger partial charge on any atom is -0.390 e. The zero-order valence-corrected chi connectivity index (χ0v) is 13.9. The van der Waals surface area contributed by atoms with Gasteiger partial charge < -0.3 is 14.6 Å². The standard InChI is InChI=1S/C17H26N2O3/c1-12(2)10-13-11-19(9-7-17(13,3)22)16(21)14-6-5-8-18(4)15(14)20/h5-6,8,12-13,22H,7,9-11H2,1-4H3/t13-,17+/m0/s1. The smallest absolute Gasteiger partial charge is 0.263 e. The number of aryl methyl sites for hydroxylation is 1. The van der Waals surface area contributed by atoms with E-state index in [0.29, 0.717) is 25.4 Å². The van der Waals surface area contributed by atoms with Gasteiger partial charge in [0, 0.05) is 32.3 Å². The second-order valence-corrected chi connectivity index (χ2v) is 7.02. The molecule has 1 N–H and O–H groups in total. The van der Waals surface area contributed by atoms with E-state index in [-0.39, 0.29) is 22.9 Å². The van der Waals surface area contributed by atoms with Crippen molar-refractivity contribution in [2.24, 2.45) is 18.9 Å². The Labute approximate surface area is 131 Å². The third-order valence-corrected chi connectivity index (χ3v) is 4.60. The zero-order chi connectivity index (χ0) is 16.5. The summed E-state index contributed by atoms with van der Waals surface area (Å²) in [5.41, 5.74) is -0.817. The molecule has 5 nitrogen and oxygen atoms in total. The van der Waals surface area contributed by atoms with Crippen molar-refractivity contribution in [2.75, 3.05) is 13.1 Å². The number of aliphatic hydroxyl groups is 1. The molecule has 0 radical (unpaired) electrons. The van der Waals surface area contributed by atoms with Crippen LogP contribution in [0.15, 0.2) is 23.1 Å². The summed E-state index contributed by atoms with van der Waals surface area (Å²) in [4.78, 5) is 26.5. The van der Waals surface area contributed by atoms with Crippen LogP contribution >= 0.6 is 0 Å². The molecular formula is C17H26N2O3. The Morgan fingerprint density at radius 1 is 1.50 bits per heavy atom. The number of carbonyl (C=O) groups is 1. The Balaban J connectivity index is 2.21. The van der Waals surface area contributed by atoms with Gasteiger partial charge in [0.15, 0.2) is 0 Å². The number of piperidine rings is 1. The topological polar surface area (TPSA) is 62.5 Å². The molecule has 0 spiro atoms. The van der Waals surface area contributed by atoms with Crippen LogP contribution in [0.3, 0.4) is 0 Å². The fourth-order valence-electron chi connectivity index (χ4n) is 3.13. The maximum Gasteiger partial charge on any atom is 0.263 e. The summed E-state index contributed by atoms with van der Waals surface area (Å²) >= 11 is 0. The van der Waals surface area contributed by atoms with E-state index in [2.05, 4.69) is 13.8 Å². The molecule has 5 heteroatoms. The van der Waals surface area contributed by atoms with Crippen LogP contribution in [-0.2, 0) is 7.05 Å². The maximum atomic E-state index is 12.6. The van der Waals surface area contributed by atoms with Gasteiger partial charge in [-0.3, -0.25) is 9.59 Å². The van der Waals surface area contributed by atoms with Gasteiger partial charge in [-0.1, -0.05) is 13.8 Å². The summed E-state index contributed by atoms with van der Waals surface area (Å²) in [7, 11) is 1.64. The number of likely N-dealkylation sites (tertiary alicyclic amines) is 1. The summed E-state index contributed by atoms with van der Waals surface area (Å²) in [6.45, 7) is 7.07. The summed E-state index contributed by atoms with van der Waals surface area (Å²) in [6.07, 6.45) is 3.05. The van der Waals surface area contributed by atoms with E-state index in [4.69, 9.17) is 0 Å². The predicted molar refractivity (Wildman–Crippen MR) is 85.8 cm³/mol. The summed E-state index contributed by atoms with van der Waals surface area (Å²) < 4.78 is 1.42. The van der Waals surface area contributed by atoms with E-state index < -0.39 is 5.60 Å². The highest BCUT2D eigenvalue weighted by Gasteiger charge is 2.39. The van der Waals surface area contributed by atoms with Gasteiger partial charge in [0.05, 0.1) is 5.60 Å². The normalized spacial score (nSPS) is 25.5. The van der Waals surface area contributed by atoms with Crippen molar-refractivity contribution < 1.29 is 9.90 Å². The van der Waals surface area contributed by atoms with Gasteiger partial charge in [-0.15, -0.1) is 0 Å². The molecule has 2 atom stereocenters. The van der Waals surface area contributed by atoms with Crippen LogP contribution in [0, 0.1) is 11.8 Å². The minimum atomic E-state index is -0.747. The van der Waals surface area contributed by atoms with Gasteiger partial charge in [0.25, 0.3) is 11.5 Å². The van der Waals surface area contributed by atoms with Crippen molar-refractivity contribution in [3.63, 3.8) is 0 Å². The van der Waals surface area contributed by atoms with Crippen LogP contribution in [0.4, 0.5) is 0 Å². The molecule has 2 rings (SSSR count). The molecule has 122 valence electrons. The molecule has 0 bridgehead atoms. The molecule has 1 aromatic rings. The molecule has 2 heterocycles. The number of hydrogen-bond donors (Lipinski definition) is 1. The molecule has 0 aromatic carbocycles. The van der Waals surface area contributed by atoms with Crippen molar-refractivity contribution in [1.29, 1.82) is 0 Å². The molecule has 0 aliphatic carbocycles. The van der Waals surface area contributed by atoms with Crippen molar-refractivity contribution in [1.82, 2.24) is 9.47 Å². The van der Waals surface area contributed by atoms with E-state index >= 15 is 0 Å². The monoisotopic (exact) mass is 306 g/mol. The minimum absolute atomic E-state index is 0.0396. The van der Waals surface area contributed by atoms with Crippen LogP contribution in [-0.4, -0.2) is 39.2 Å². The first-order valence-electron chi connectivity index (χ1n) is 7.89. The van der Waals surface area contributed by atoms with Crippen LogP contribution in [0.1, 0.15) is 44.0 Å². The summed E-state index contributed by atoms with van der Waals surface area (Å²) in [5, 5.41) is 10.5. The number of rotatable bonds is 3. The van der Waals surface area contributed by atoms with E-state index in [1.54, 1.807) is 30.3 Å². The largest absolute Gasteiger partial charge is 0.390 e. The molecule has 0 saturated carbocycles. The fourth-order valence-corrected chi connectivity index (χ4v) is 3.13. The first-order chi connectivity index (χ1) is 10.2. The molecular weight excluding hydrogens is 280 g/mol. The third-order valence-electron chi connectivity index (χ3n) is 4.60. The lowest BCUT2D eigenvalue weighted by Gasteiger charge is -2.43. The molecule has 1 aliphatic rings. The zero-order valence-electron chi connectivity index (χ0n) is 13.9. The second kappa shape index (κ2) is 6.24. The molecule has 1 fully saturated rings. The lowest BCUT2D eigenvalue weighted by Crippen LogP contribution is -2.53. The average molecular weight is 306 g/mol.